The Bertz CT molecular complexity index is 1000. The number of pyridine rings is 1. The summed E-state index contributed by atoms with van der Waals surface area (Å²) in [6, 6.07) is 11.2. The Balaban J connectivity index is 2.16. The van der Waals surface area contributed by atoms with E-state index in [0.29, 0.717) is 18.1 Å². The fourth-order valence-electron chi connectivity index (χ4n) is 3.09. The fraction of sp³-hybridized carbons (Fsp3) is 0.350. The molecule has 0 saturated carbocycles. The number of nitrogens with zero attached hydrogens (tertiary/aromatic N) is 3. The van der Waals surface area contributed by atoms with Gasteiger partial charge in [0.25, 0.3) is 5.56 Å². The summed E-state index contributed by atoms with van der Waals surface area (Å²) in [6.07, 6.45) is 0. The molecule has 0 bridgehead atoms. The van der Waals surface area contributed by atoms with Crippen molar-refractivity contribution < 1.29 is 4.79 Å². The van der Waals surface area contributed by atoms with Crippen molar-refractivity contribution in [1.82, 2.24) is 19.7 Å². The molecule has 0 spiro atoms. The third kappa shape index (κ3) is 3.40. The van der Waals surface area contributed by atoms with Crippen LogP contribution in [0.5, 0.6) is 0 Å². The number of hydrogen-bond acceptors (Lipinski definition) is 3. The average molecular weight is 352 g/mol. The van der Waals surface area contributed by atoms with Gasteiger partial charge in [0.1, 0.15) is 12.2 Å². The number of para-hydroxylation sites is 1. The molecule has 0 atom stereocenters. The third-order valence-electron chi connectivity index (χ3n) is 4.30. The number of fused-ring (bicyclic) bond motifs is 1. The molecule has 26 heavy (non-hydrogen) atoms. The summed E-state index contributed by atoms with van der Waals surface area (Å²) in [5, 5.41) is 8.41. The molecular weight excluding hydrogens is 328 g/mol. The average Bonchev–Trinajstić information content (AvgIpc) is 2.95. The van der Waals surface area contributed by atoms with Crippen molar-refractivity contribution in [3.63, 3.8) is 0 Å². The van der Waals surface area contributed by atoms with Gasteiger partial charge >= 0.3 is 0 Å². The van der Waals surface area contributed by atoms with E-state index in [2.05, 4.69) is 10.4 Å². The molecule has 2 aromatic heterocycles. The predicted octanol–water partition coefficient (Wildman–Crippen LogP) is 2.58. The second-order valence-corrected chi connectivity index (χ2v) is 6.98. The summed E-state index contributed by atoms with van der Waals surface area (Å²) < 4.78 is 3.25. The Morgan fingerprint density at radius 1 is 1.19 bits per heavy atom. The molecule has 2 heterocycles. The largest absolute Gasteiger partial charge is 0.354 e. The van der Waals surface area contributed by atoms with Crippen LogP contribution in [0.1, 0.15) is 25.1 Å². The van der Waals surface area contributed by atoms with Crippen LogP contribution in [-0.2, 0) is 11.3 Å². The molecule has 1 amide bonds. The number of hydrogen-bond donors (Lipinski definition) is 1. The number of benzene rings is 1. The zero-order valence-corrected chi connectivity index (χ0v) is 15.6. The molecule has 0 unspecified atom stereocenters. The standard InChI is InChI=1S/C20H24N4O2/c1-13(2)11-21-17(25)12-23-18(26)10-14(3)19-15(4)22-24(20(19)23)16-8-6-5-7-9-16/h5-10,13H,11-12H2,1-4H3,(H,21,25). The van der Waals surface area contributed by atoms with Crippen molar-refractivity contribution in [1.29, 1.82) is 0 Å². The predicted molar refractivity (Wildman–Crippen MR) is 103 cm³/mol. The SMILES string of the molecule is Cc1cc(=O)n(CC(=O)NCC(C)C)c2c1c(C)nn2-c1ccccc1. The molecule has 6 heteroatoms. The van der Waals surface area contributed by atoms with Gasteiger partial charge in [-0.1, -0.05) is 32.0 Å². The molecule has 0 radical (unpaired) electrons. The lowest BCUT2D eigenvalue weighted by molar-refractivity contribution is -0.121. The van der Waals surface area contributed by atoms with Gasteiger partial charge in [-0.3, -0.25) is 14.2 Å². The van der Waals surface area contributed by atoms with E-state index in [1.165, 1.54) is 4.57 Å². The minimum Gasteiger partial charge on any atom is -0.354 e. The van der Waals surface area contributed by atoms with Gasteiger partial charge in [-0.25, -0.2) is 4.68 Å². The van der Waals surface area contributed by atoms with Gasteiger partial charge in [0.05, 0.1) is 11.4 Å². The van der Waals surface area contributed by atoms with Crippen LogP contribution in [0, 0.1) is 19.8 Å². The molecular formula is C20H24N4O2. The molecule has 136 valence electrons. The molecule has 0 fully saturated rings. The van der Waals surface area contributed by atoms with E-state index in [1.54, 1.807) is 10.7 Å². The molecule has 0 aliphatic heterocycles. The van der Waals surface area contributed by atoms with Gasteiger partial charge in [-0.15, -0.1) is 0 Å². The Morgan fingerprint density at radius 3 is 2.54 bits per heavy atom. The first-order valence-electron chi connectivity index (χ1n) is 8.80. The lowest BCUT2D eigenvalue weighted by atomic mass is 10.1. The third-order valence-corrected chi connectivity index (χ3v) is 4.30. The number of amides is 1. The van der Waals surface area contributed by atoms with E-state index in [1.807, 2.05) is 58.0 Å². The van der Waals surface area contributed by atoms with Gasteiger partial charge in [0.2, 0.25) is 5.91 Å². The molecule has 0 saturated heterocycles. The minimum absolute atomic E-state index is 0.0275. The highest BCUT2D eigenvalue weighted by molar-refractivity contribution is 5.85. The first-order chi connectivity index (χ1) is 12.4. The maximum Gasteiger partial charge on any atom is 0.252 e. The fourth-order valence-corrected chi connectivity index (χ4v) is 3.09. The highest BCUT2D eigenvalue weighted by Gasteiger charge is 2.18. The van der Waals surface area contributed by atoms with Crippen molar-refractivity contribution in [2.24, 2.45) is 5.92 Å². The summed E-state index contributed by atoms with van der Waals surface area (Å²) in [7, 11) is 0. The summed E-state index contributed by atoms with van der Waals surface area (Å²) in [4.78, 5) is 25.0. The molecule has 0 aliphatic rings. The lowest BCUT2D eigenvalue weighted by Crippen LogP contribution is -2.34. The zero-order valence-electron chi connectivity index (χ0n) is 15.6. The highest BCUT2D eigenvalue weighted by atomic mass is 16.2. The van der Waals surface area contributed by atoms with Gasteiger partial charge < -0.3 is 5.32 Å². The van der Waals surface area contributed by atoms with E-state index in [9.17, 15) is 9.59 Å². The van der Waals surface area contributed by atoms with Crippen LogP contribution < -0.4 is 10.9 Å². The van der Waals surface area contributed by atoms with E-state index in [-0.39, 0.29) is 18.0 Å². The highest BCUT2D eigenvalue weighted by Crippen LogP contribution is 2.23. The molecule has 6 nitrogen and oxygen atoms in total. The Labute approximate surface area is 152 Å². The summed E-state index contributed by atoms with van der Waals surface area (Å²) in [5.74, 6) is 0.176. The number of rotatable bonds is 5. The quantitative estimate of drug-likeness (QED) is 0.767. The summed E-state index contributed by atoms with van der Waals surface area (Å²) >= 11 is 0. The molecule has 3 aromatic rings. The first kappa shape index (κ1) is 17.9. The van der Waals surface area contributed by atoms with Crippen LogP contribution in [0.15, 0.2) is 41.2 Å². The first-order valence-corrected chi connectivity index (χ1v) is 8.80. The summed E-state index contributed by atoms with van der Waals surface area (Å²) in [6.45, 7) is 8.44. The van der Waals surface area contributed by atoms with Crippen LogP contribution in [0.4, 0.5) is 0 Å². The number of carbonyl (C=O) groups excluding carboxylic acids is 1. The monoisotopic (exact) mass is 352 g/mol. The maximum atomic E-state index is 12.7. The van der Waals surface area contributed by atoms with Crippen LogP contribution in [0.3, 0.4) is 0 Å². The van der Waals surface area contributed by atoms with Crippen LogP contribution in [-0.4, -0.2) is 26.8 Å². The van der Waals surface area contributed by atoms with Crippen molar-refractivity contribution in [3.8, 4) is 5.69 Å². The van der Waals surface area contributed by atoms with Gasteiger partial charge in [0, 0.05) is 18.0 Å². The normalized spacial score (nSPS) is 11.3. The topological polar surface area (TPSA) is 68.9 Å². The van der Waals surface area contributed by atoms with E-state index in [0.717, 1.165) is 22.3 Å². The zero-order chi connectivity index (χ0) is 18.8. The van der Waals surface area contributed by atoms with Crippen molar-refractivity contribution >= 4 is 16.9 Å². The lowest BCUT2D eigenvalue weighted by Gasteiger charge is -2.13. The number of nitrogens with one attached hydrogen (secondary N) is 1. The minimum atomic E-state index is -0.202. The molecule has 3 rings (SSSR count). The van der Waals surface area contributed by atoms with Gasteiger partial charge in [-0.2, -0.15) is 5.10 Å². The second kappa shape index (κ2) is 7.15. The number of carbonyl (C=O) groups is 1. The maximum absolute atomic E-state index is 12.7. The van der Waals surface area contributed by atoms with Crippen LogP contribution in [0.25, 0.3) is 16.7 Å². The number of aryl methyl sites for hydroxylation is 2. The van der Waals surface area contributed by atoms with E-state index >= 15 is 0 Å². The van der Waals surface area contributed by atoms with E-state index < -0.39 is 0 Å². The van der Waals surface area contributed by atoms with Crippen LogP contribution >= 0.6 is 0 Å². The molecule has 1 N–H and O–H groups in total. The van der Waals surface area contributed by atoms with Crippen LogP contribution in [0.2, 0.25) is 0 Å². The van der Waals surface area contributed by atoms with E-state index in [4.69, 9.17) is 0 Å². The second-order valence-electron chi connectivity index (χ2n) is 6.98. The Morgan fingerprint density at radius 2 is 1.88 bits per heavy atom. The van der Waals surface area contributed by atoms with Crippen molar-refractivity contribution in [2.75, 3.05) is 6.54 Å². The smallest absolute Gasteiger partial charge is 0.252 e. The van der Waals surface area contributed by atoms with Crippen molar-refractivity contribution in [2.45, 2.75) is 34.2 Å². The molecule has 1 aromatic carbocycles. The Hall–Kier alpha value is -2.89. The van der Waals surface area contributed by atoms with Crippen molar-refractivity contribution in [3.05, 3.63) is 58.0 Å². The summed E-state index contributed by atoms with van der Waals surface area (Å²) in [5.41, 5.74) is 3.00. The van der Waals surface area contributed by atoms with Gasteiger partial charge in [0.15, 0.2) is 0 Å². The molecule has 0 aliphatic carbocycles. The Kier molecular flexibility index (Phi) is 4.93. The van der Waals surface area contributed by atoms with Gasteiger partial charge in [-0.05, 0) is 37.5 Å². The number of aromatic nitrogens is 3.